The third-order valence-electron chi connectivity index (χ3n) is 4.77. The van der Waals surface area contributed by atoms with Crippen molar-refractivity contribution in [2.24, 2.45) is 0 Å². The summed E-state index contributed by atoms with van der Waals surface area (Å²) in [5.41, 5.74) is 0.614. The lowest BCUT2D eigenvalue weighted by Gasteiger charge is -2.10. The molecule has 0 radical (unpaired) electrons. The standard InChI is InChI=1S/C23H15Cl2F3N4O2/c1-34-22-30-20(13-5-10-18(24)19(25)12-13)32(31-22)17-8-6-16(7-9-17)29-21(33)14-3-2-4-15(11-14)23(26,27)28/h2-12H,1H3,(H,29,33). The summed E-state index contributed by atoms with van der Waals surface area (Å²) in [6, 6.07) is 15.9. The van der Waals surface area contributed by atoms with Gasteiger partial charge in [-0.1, -0.05) is 29.3 Å². The second-order valence-electron chi connectivity index (χ2n) is 7.04. The number of anilines is 1. The number of halogens is 5. The first-order valence-electron chi connectivity index (χ1n) is 9.71. The Labute approximate surface area is 201 Å². The number of carbonyl (C=O) groups excluding carboxylic acids is 1. The zero-order chi connectivity index (χ0) is 24.5. The van der Waals surface area contributed by atoms with Crippen LogP contribution in [0.25, 0.3) is 17.1 Å². The minimum Gasteiger partial charge on any atom is -0.466 e. The second-order valence-corrected chi connectivity index (χ2v) is 7.86. The molecule has 6 nitrogen and oxygen atoms in total. The Morgan fingerprint density at radius 2 is 1.74 bits per heavy atom. The summed E-state index contributed by atoms with van der Waals surface area (Å²) >= 11 is 12.1. The monoisotopic (exact) mass is 506 g/mol. The third kappa shape index (κ3) is 5.00. The van der Waals surface area contributed by atoms with Crippen LogP contribution in [0.4, 0.5) is 18.9 Å². The zero-order valence-electron chi connectivity index (χ0n) is 17.4. The van der Waals surface area contributed by atoms with Gasteiger partial charge in [0.25, 0.3) is 5.91 Å². The van der Waals surface area contributed by atoms with Gasteiger partial charge in [0.05, 0.1) is 28.4 Å². The molecule has 0 saturated carbocycles. The molecule has 0 atom stereocenters. The van der Waals surface area contributed by atoms with Crippen molar-refractivity contribution in [1.82, 2.24) is 14.8 Å². The van der Waals surface area contributed by atoms with Gasteiger partial charge in [-0.25, -0.2) is 4.68 Å². The van der Waals surface area contributed by atoms with E-state index in [-0.39, 0.29) is 11.6 Å². The molecule has 0 aliphatic rings. The first kappa shape index (κ1) is 23.6. The molecule has 0 aliphatic heterocycles. The van der Waals surface area contributed by atoms with Crippen LogP contribution in [-0.2, 0) is 6.18 Å². The SMILES string of the molecule is COc1nc(-c2ccc(Cl)c(Cl)c2)n(-c2ccc(NC(=O)c3cccc(C(F)(F)F)c3)cc2)n1. The number of rotatable bonds is 5. The molecule has 0 spiro atoms. The van der Waals surface area contributed by atoms with Gasteiger partial charge >= 0.3 is 12.2 Å². The second kappa shape index (κ2) is 9.36. The lowest BCUT2D eigenvalue weighted by molar-refractivity contribution is -0.137. The number of hydrogen-bond acceptors (Lipinski definition) is 4. The Morgan fingerprint density at radius 3 is 2.38 bits per heavy atom. The summed E-state index contributed by atoms with van der Waals surface area (Å²) in [5.74, 6) is -0.228. The fraction of sp³-hybridized carbons (Fsp3) is 0.0870. The average Bonchev–Trinajstić information content (AvgIpc) is 3.25. The Balaban J connectivity index is 1.59. The molecule has 1 amide bonds. The van der Waals surface area contributed by atoms with Crippen LogP contribution in [0.2, 0.25) is 10.0 Å². The van der Waals surface area contributed by atoms with E-state index in [1.807, 2.05) is 0 Å². The molecule has 0 aliphatic carbocycles. The third-order valence-corrected chi connectivity index (χ3v) is 5.51. The minimum atomic E-state index is -4.54. The molecule has 0 saturated heterocycles. The molecule has 1 N–H and O–H groups in total. The van der Waals surface area contributed by atoms with Gasteiger partial charge in [0.2, 0.25) is 0 Å². The van der Waals surface area contributed by atoms with Crippen LogP contribution in [0.5, 0.6) is 6.01 Å². The van der Waals surface area contributed by atoms with Gasteiger partial charge in [0.1, 0.15) is 0 Å². The number of methoxy groups -OCH3 is 1. The Hall–Kier alpha value is -3.56. The van der Waals surface area contributed by atoms with E-state index in [0.717, 1.165) is 12.1 Å². The molecule has 4 rings (SSSR count). The van der Waals surface area contributed by atoms with Crippen LogP contribution in [0.1, 0.15) is 15.9 Å². The van der Waals surface area contributed by atoms with E-state index >= 15 is 0 Å². The van der Waals surface area contributed by atoms with E-state index in [9.17, 15) is 18.0 Å². The lowest BCUT2D eigenvalue weighted by Crippen LogP contribution is -2.14. The van der Waals surface area contributed by atoms with Crippen LogP contribution < -0.4 is 10.1 Å². The van der Waals surface area contributed by atoms with Crippen molar-refractivity contribution in [3.8, 4) is 23.1 Å². The van der Waals surface area contributed by atoms with Crippen molar-refractivity contribution in [2.45, 2.75) is 6.18 Å². The Bertz CT molecular complexity index is 1360. The van der Waals surface area contributed by atoms with Crippen molar-refractivity contribution in [3.05, 3.63) is 87.9 Å². The van der Waals surface area contributed by atoms with Crippen LogP contribution >= 0.6 is 23.2 Å². The van der Waals surface area contributed by atoms with Gasteiger partial charge in [-0.2, -0.15) is 18.2 Å². The maximum Gasteiger partial charge on any atom is 0.416 e. The van der Waals surface area contributed by atoms with Crippen LogP contribution in [0, 0.1) is 0 Å². The molecule has 0 fully saturated rings. The highest BCUT2D eigenvalue weighted by molar-refractivity contribution is 6.42. The van der Waals surface area contributed by atoms with E-state index in [2.05, 4.69) is 15.4 Å². The molecule has 11 heteroatoms. The fourth-order valence-electron chi connectivity index (χ4n) is 3.11. The molecule has 3 aromatic carbocycles. The van der Waals surface area contributed by atoms with Crippen molar-refractivity contribution in [1.29, 1.82) is 0 Å². The molecule has 0 unspecified atom stereocenters. The highest BCUT2D eigenvalue weighted by atomic mass is 35.5. The molecular formula is C23H15Cl2F3N4O2. The molecule has 1 aromatic heterocycles. The molecule has 4 aromatic rings. The van der Waals surface area contributed by atoms with Gasteiger partial charge in [0, 0.05) is 16.8 Å². The number of nitrogens with one attached hydrogen (secondary N) is 1. The number of nitrogens with zero attached hydrogens (tertiary/aromatic N) is 3. The number of alkyl halides is 3. The number of carbonyl (C=O) groups is 1. The average molecular weight is 507 g/mol. The summed E-state index contributed by atoms with van der Waals surface area (Å²) in [7, 11) is 1.44. The van der Waals surface area contributed by atoms with Gasteiger partial charge in [0.15, 0.2) is 5.82 Å². The van der Waals surface area contributed by atoms with E-state index in [1.165, 1.54) is 23.9 Å². The van der Waals surface area contributed by atoms with Crippen LogP contribution in [0.15, 0.2) is 66.7 Å². The Morgan fingerprint density at radius 1 is 1.00 bits per heavy atom. The maximum absolute atomic E-state index is 12.9. The molecule has 174 valence electrons. The molecule has 1 heterocycles. The van der Waals surface area contributed by atoms with Gasteiger partial charge < -0.3 is 10.1 Å². The molecular weight excluding hydrogens is 492 g/mol. The predicted molar refractivity (Wildman–Crippen MR) is 123 cm³/mol. The van der Waals surface area contributed by atoms with E-state index in [4.69, 9.17) is 27.9 Å². The molecule has 34 heavy (non-hydrogen) atoms. The quantitative estimate of drug-likeness (QED) is 0.334. The number of benzene rings is 3. The summed E-state index contributed by atoms with van der Waals surface area (Å²) in [6.07, 6.45) is -4.54. The van der Waals surface area contributed by atoms with Crippen molar-refractivity contribution >= 4 is 34.8 Å². The van der Waals surface area contributed by atoms with Gasteiger partial charge in [-0.15, -0.1) is 5.10 Å². The highest BCUT2D eigenvalue weighted by Gasteiger charge is 2.30. The highest BCUT2D eigenvalue weighted by Crippen LogP contribution is 2.31. The smallest absolute Gasteiger partial charge is 0.416 e. The number of hydrogen-bond donors (Lipinski definition) is 1. The van der Waals surface area contributed by atoms with Gasteiger partial charge in [-0.3, -0.25) is 4.79 Å². The van der Waals surface area contributed by atoms with Crippen molar-refractivity contribution < 1.29 is 22.7 Å². The van der Waals surface area contributed by atoms with Crippen LogP contribution in [0.3, 0.4) is 0 Å². The Kier molecular flexibility index (Phi) is 6.49. The van der Waals surface area contributed by atoms with Crippen molar-refractivity contribution in [2.75, 3.05) is 12.4 Å². The normalized spacial score (nSPS) is 11.4. The number of amides is 1. The van der Waals surface area contributed by atoms with Crippen LogP contribution in [-0.4, -0.2) is 27.8 Å². The zero-order valence-corrected chi connectivity index (χ0v) is 18.9. The summed E-state index contributed by atoms with van der Waals surface area (Å²) < 4.78 is 45.4. The lowest BCUT2D eigenvalue weighted by atomic mass is 10.1. The summed E-state index contributed by atoms with van der Waals surface area (Å²) in [5, 5.41) is 7.64. The number of aromatic nitrogens is 3. The van der Waals surface area contributed by atoms with E-state index in [1.54, 1.807) is 42.5 Å². The van der Waals surface area contributed by atoms with E-state index < -0.39 is 17.6 Å². The predicted octanol–water partition coefficient (Wildman–Crippen LogP) is 6.52. The minimum absolute atomic E-state index is 0.109. The first-order valence-corrected chi connectivity index (χ1v) is 10.5. The van der Waals surface area contributed by atoms with Gasteiger partial charge in [-0.05, 0) is 60.7 Å². The molecule has 0 bridgehead atoms. The summed E-state index contributed by atoms with van der Waals surface area (Å²) in [4.78, 5) is 16.8. The van der Waals surface area contributed by atoms with E-state index in [0.29, 0.717) is 32.8 Å². The first-order chi connectivity index (χ1) is 16.2. The fourth-order valence-corrected chi connectivity index (χ4v) is 3.41. The summed E-state index contributed by atoms with van der Waals surface area (Å²) in [6.45, 7) is 0. The largest absolute Gasteiger partial charge is 0.466 e. The topological polar surface area (TPSA) is 69.0 Å². The number of ether oxygens (including phenoxy) is 1. The van der Waals surface area contributed by atoms with Crippen molar-refractivity contribution in [3.63, 3.8) is 0 Å². The maximum atomic E-state index is 12.9.